The van der Waals surface area contributed by atoms with E-state index in [4.69, 9.17) is 4.42 Å². The zero-order chi connectivity index (χ0) is 40.3. The Balaban J connectivity index is 0.962. The zero-order valence-corrected chi connectivity index (χ0v) is 33.9. The first-order valence-electron chi connectivity index (χ1n) is 20.7. The fourth-order valence-electron chi connectivity index (χ4n) is 9.04. The van der Waals surface area contributed by atoms with E-state index in [1.165, 1.54) is 64.3 Å². The summed E-state index contributed by atoms with van der Waals surface area (Å²) in [6.45, 7) is 0. The van der Waals surface area contributed by atoms with E-state index >= 15 is 0 Å². The average molecular weight is 796 g/mol. The highest BCUT2D eigenvalue weighted by Gasteiger charge is 2.20. The topological polar surface area (TPSA) is 16.4 Å². The third kappa shape index (κ3) is 6.18. The van der Waals surface area contributed by atoms with Gasteiger partial charge in [0.1, 0.15) is 11.2 Å². The molecule has 0 unspecified atom stereocenters. The summed E-state index contributed by atoms with van der Waals surface area (Å²) in [6, 6.07) is 81.3. The van der Waals surface area contributed by atoms with Crippen LogP contribution in [0.15, 0.2) is 229 Å². The van der Waals surface area contributed by atoms with E-state index < -0.39 is 0 Å². The van der Waals surface area contributed by atoms with Crippen LogP contribution in [-0.4, -0.2) is 0 Å². The van der Waals surface area contributed by atoms with Gasteiger partial charge in [-0.25, -0.2) is 0 Å². The molecule has 2 nitrogen and oxygen atoms in total. The molecule has 0 saturated carbocycles. The van der Waals surface area contributed by atoms with Crippen molar-refractivity contribution < 1.29 is 4.42 Å². The van der Waals surface area contributed by atoms with E-state index in [0.717, 1.165) is 50.1 Å². The summed E-state index contributed by atoms with van der Waals surface area (Å²) < 4.78 is 8.88. The predicted octanol–water partition coefficient (Wildman–Crippen LogP) is 17.2. The van der Waals surface area contributed by atoms with Crippen LogP contribution in [-0.2, 0) is 0 Å². The molecular formula is C58H37NOS. The van der Waals surface area contributed by atoms with Crippen molar-refractivity contribution in [3.05, 3.63) is 224 Å². The third-order valence-electron chi connectivity index (χ3n) is 12.1. The summed E-state index contributed by atoms with van der Waals surface area (Å²) in [6.07, 6.45) is 0. The van der Waals surface area contributed by atoms with Crippen LogP contribution in [0.1, 0.15) is 0 Å². The number of fused-ring (bicyclic) bond motifs is 7. The van der Waals surface area contributed by atoms with Gasteiger partial charge in [-0.15, -0.1) is 11.3 Å². The lowest BCUT2D eigenvalue weighted by atomic mass is 9.97. The van der Waals surface area contributed by atoms with E-state index in [2.05, 4.69) is 217 Å². The molecule has 0 fully saturated rings. The van der Waals surface area contributed by atoms with Gasteiger partial charge in [0, 0.05) is 53.4 Å². The predicted molar refractivity (Wildman–Crippen MR) is 261 cm³/mol. The second kappa shape index (κ2) is 14.5. The Kier molecular flexibility index (Phi) is 8.39. The first-order chi connectivity index (χ1) is 30.2. The smallest absolute Gasteiger partial charge is 0.136 e. The molecule has 0 amide bonds. The largest absolute Gasteiger partial charge is 0.456 e. The molecule has 10 aromatic carbocycles. The molecule has 0 saturated heterocycles. The van der Waals surface area contributed by atoms with Gasteiger partial charge in [0.15, 0.2) is 0 Å². The van der Waals surface area contributed by atoms with Crippen LogP contribution < -0.4 is 4.90 Å². The SMILES string of the molecule is c1cc(-c2ccc(N(c3ccc(-c4ccc5c(c4)oc4ccccc45)cc3)c3ccccc3-c3cccc4c3sc3ccccc34)cc2)cc(-c2ccc3ccccc3c2)c1. The van der Waals surface area contributed by atoms with E-state index in [-0.39, 0.29) is 0 Å². The number of hydrogen-bond donors (Lipinski definition) is 0. The van der Waals surface area contributed by atoms with Crippen molar-refractivity contribution in [3.63, 3.8) is 0 Å². The fraction of sp³-hybridized carbons (Fsp3) is 0. The molecule has 0 bridgehead atoms. The molecule has 0 atom stereocenters. The van der Waals surface area contributed by atoms with Crippen molar-refractivity contribution in [2.24, 2.45) is 0 Å². The van der Waals surface area contributed by atoms with Crippen LogP contribution in [0.25, 0.3) is 97.4 Å². The molecule has 0 spiro atoms. The van der Waals surface area contributed by atoms with Crippen molar-refractivity contribution in [2.45, 2.75) is 0 Å². The lowest BCUT2D eigenvalue weighted by Crippen LogP contribution is -2.11. The molecule has 2 heterocycles. The Morgan fingerprint density at radius 1 is 0.328 bits per heavy atom. The first-order valence-corrected chi connectivity index (χ1v) is 21.5. The van der Waals surface area contributed by atoms with Crippen LogP contribution in [0, 0.1) is 0 Å². The van der Waals surface area contributed by atoms with Crippen molar-refractivity contribution in [3.8, 4) is 44.5 Å². The van der Waals surface area contributed by atoms with Crippen molar-refractivity contribution in [2.75, 3.05) is 4.90 Å². The third-order valence-corrected chi connectivity index (χ3v) is 13.3. The molecule has 12 aromatic rings. The first kappa shape index (κ1) is 35.2. The highest BCUT2D eigenvalue weighted by atomic mass is 32.1. The minimum Gasteiger partial charge on any atom is -0.456 e. The molecule has 0 N–H and O–H groups in total. The van der Waals surface area contributed by atoms with Gasteiger partial charge in [-0.2, -0.15) is 0 Å². The summed E-state index contributed by atoms with van der Waals surface area (Å²) in [4.78, 5) is 2.41. The lowest BCUT2D eigenvalue weighted by molar-refractivity contribution is 0.669. The highest BCUT2D eigenvalue weighted by molar-refractivity contribution is 7.26. The van der Waals surface area contributed by atoms with Gasteiger partial charge in [0.2, 0.25) is 0 Å². The number of anilines is 3. The lowest BCUT2D eigenvalue weighted by Gasteiger charge is -2.28. The van der Waals surface area contributed by atoms with Gasteiger partial charge in [0.05, 0.1) is 5.69 Å². The van der Waals surface area contributed by atoms with Crippen LogP contribution in [0.4, 0.5) is 17.1 Å². The quantitative estimate of drug-likeness (QED) is 0.160. The molecule has 2 aromatic heterocycles. The van der Waals surface area contributed by atoms with Crippen molar-refractivity contribution in [1.82, 2.24) is 0 Å². The number of furan rings is 1. The molecule has 3 heteroatoms. The number of hydrogen-bond acceptors (Lipinski definition) is 3. The summed E-state index contributed by atoms with van der Waals surface area (Å²) in [5, 5.41) is 7.37. The van der Waals surface area contributed by atoms with Gasteiger partial charge in [-0.3, -0.25) is 0 Å². The number of para-hydroxylation sites is 2. The van der Waals surface area contributed by atoms with Gasteiger partial charge >= 0.3 is 0 Å². The highest BCUT2D eigenvalue weighted by Crippen LogP contribution is 2.46. The van der Waals surface area contributed by atoms with Crippen LogP contribution in [0.2, 0.25) is 0 Å². The molecular weight excluding hydrogens is 759 g/mol. The Bertz CT molecular complexity index is 3590. The average Bonchev–Trinajstić information content (AvgIpc) is 3.90. The maximum absolute atomic E-state index is 6.28. The molecule has 12 rings (SSSR count). The number of benzene rings is 10. The van der Waals surface area contributed by atoms with Gasteiger partial charge in [-0.1, -0.05) is 158 Å². The van der Waals surface area contributed by atoms with E-state index in [1.807, 2.05) is 23.5 Å². The second-order valence-corrected chi connectivity index (χ2v) is 16.7. The standard InChI is InChI=1S/C58H37NOS/c1-2-12-41-36-44(24-23-38(41)11-1)43-14-9-13-42(35-43)39-25-30-46(31-26-39)59(47-32-27-40(28-33-47)45-29-34-50-49-16-4-7-21-55(49)60-56(50)37-45)54-20-6-3-15-48(54)52-18-10-19-53-51-17-5-8-22-57(51)61-58(52)53/h1-37H. The number of rotatable bonds is 7. The molecule has 0 radical (unpaired) electrons. The molecule has 0 aliphatic carbocycles. The molecule has 0 aliphatic heterocycles. The van der Waals surface area contributed by atoms with E-state index in [9.17, 15) is 0 Å². The van der Waals surface area contributed by atoms with Crippen LogP contribution >= 0.6 is 11.3 Å². The Labute approximate surface area is 357 Å². The zero-order valence-electron chi connectivity index (χ0n) is 33.1. The van der Waals surface area contributed by atoms with Crippen molar-refractivity contribution >= 4 is 81.3 Å². The fourth-order valence-corrected chi connectivity index (χ4v) is 10.3. The van der Waals surface area contributed by atoms with Crippen molar-refractivity contribution in [1.29, 1.82) is 0 Å². The molecule has 286 valence electrons. The minimum absolute atomic E-state index is 0.900. The second-order valence-electron chi connectivity index (χ2n) is 15.7. The Hall–Kier alpha value is -7.72. The summed E-state index contributed by atoms with van der Waals surface area (Å²) in [5.41, 5.74) is 14.6. The van der Waals surface area contributed by atoms with Gasteiger partial charge in [-0.05, 0) is 111 Å². The minimum atomic E-state index is 0.900. The Morgan fingerprint density at radius 2 is 0.885 bits per heavy atom. The number of thiophene rings is 1. The van der Waals surface area contributed by atoms with E-state index in [1.54, 1.807) is 0 Å². The molecule has 61 heavy (non-hydrogen) atoms. The van der Waals surface area contributed by atoms with Gasteiger partial charge < -0.3 is 9.32 Å². The monoisotopic (exact) mass is 795 g/mol. The van der Waals surface area contributed by atoms with E-state index in [0.29, 0.717) is 0 Å². The summed E-state index contributed by atoms with van der Waals surface area (Å²) >= 11 is 1.87. The molecule has 0 aliphatic rings. The number of nitrogens with zero attached hydrogens (tertiary/aromatic N) is 1. The Morgan fingerprint density at radius 3 is 1.70 bits per heavy atom. The maximum Gasteiger partial charge on any atom is 0.136 e. The van der Waals surface area contributed by atoms with Crippen LogP contribution in [0.3, 0.4) is 0 Å². The summed E-state index contributed by atoms with van der Waals surface area (Å²) in [5.74, 6) is 0. The summed E-state index contributed by atoms with van der Waals surface area (Å²) in [7, 11) is 0. The normalized spacial score (nSPS) is 11.6. The van der Waals surface area contributed by atoms with Gasteiger partial charge in [0.25, 0.3) is 0 Å². The maximum atomic E-state index is 6.28. The van der Waals surface area contributed by atoms with Crippen LogP contribution in [0.5, 0.6) is 0 Å².